The van der Waals surface area contributed by atoms with Gasteiger partial charge in [-0.2, -0.15) is 0 Å². The van der Waals surface area contributed by atoms with Crippen LogP contribution in [-0.4, -0.2) is 24.4 Å². The molecule has 1 unspecified atom stereocenters. The number of hydrogen-bond donors (Lipinski definition) is 3. The largest absolute Gasteiger partial charge is 0.373 e. The van der Waals surface area contributed by atoms with Gasteiger partial charge in [0.15, 0.2) is 0 Å². The number of anilines is 1. The van der Waals surface area contributed by atoms with Gasteiger partial charge in [0.25, 0.3) is 0 Å². The minimum Gasteiger partial charge on any atom is -0.373 e. The molecule has 5 heteroatoms. The third kappa shape index (κ3) is 3.00. The Bertz CT molecular complexity index is 434. The van der Waals surface area contributed by atoms with Gasteiger partial charge in [0.1, 0.15) is 6.04 Å². The zero-order valence-corrected chi connectivity index (χ0v) is 10.1. The number of carbonyl (C=O) groups excluding carboxylic acids is 2. The van der Waals surface area contributed by atoms with E-state index in [2.05, 4.69) is 10.6 Å². The number of nitrogens with one attached hydrogen (secondary N) is 2. The minimum absolute atomic E-state index is 0.0318. The van der Waals surface area contributed by atoms with Gasteiger partial charge in [0.05, 0.1) is 0 Å². The molecular weight excluding hydrogens is 230 g/mol. The number of fused-ring (bicyclic) bond motifs is 1. The van der Waals surface area contributed by atoms with Gasteiger partial charge >= 0.3 is 0 Å². The molecule has 1 aromatic rings. The van der Waals surface area contributed by atoms with Gasteiger partial charge in [-0.05, 0) is 18.1 Å². The van der Waals surface area contributed by atoms with Crippen LogP contribution in [0.5, 0.6) is 0 Å². The van der Waals surface area contributed by atoms with Crippen molar-refractivity contribution < 1.29 is 9.59 Å². The van der Waals surface area contributed by atoms with E-state index in [1.165, 1.54) is 0 Å². The molecule has 1 aliphatic heterocycles. The van der Waals surface area contributed by atoms with Crippen molar-refractivity contribution in [2.75, 3.05) is 11.9 Å². The Balaban J connectivity index is 1.77. The van der Waals surface area contributed by atoms with Crippen LogP contribution >= 0.6 is 0 Å². The third-order valence-electron chi connectivity index (χ3n) is 2.99. The summed E-state index contributed by atoms with van der Waals surface area (Å²) < 4.78 is 0. The van der Waals surface area contributed by atoms with Crippen LogP contribution in [0.1, 0.15) is 18.4 Å². The Hall–Kier alpha value is -2.04. The van der Waals surface area contributed by atoms with Gasteiger partial charge in [-0.1, -0.05) is 18.2 Å². The van der Waals surface area contributed by atoms with E-state index in [-0.39, 0.29) is 17.9 Å². The SMILES string of the molecule is NC(=O)CCCNC(=O)C1Cc2ccccc2N1. The van der Waals surface area contributed by atoms with Crippen LogP contribution in [0, 0.1) is 0 Å². The molecule has 1 heterocycles. The second kappa shape index (κ2) is 5.53. The molecule has 18 heavy (non-hydrogen) atoms. The van der Waals surface area contributed by atoms with Crippen LogP contribution in [0.15, 0.2) is 24.3 Å². The fourth-order valence-electron chi connectivity index (χ4n) is 2.05. The Labute approximate surface area is 106 Å². The maximum atomic E-state index is 11.9. The first-order valence-corrected chi connectivity index (χ1v) is 6.07. The maximum Gasteiger partial charge on any atom is 0.242 e. The van der Waals surface area contributed by atoms with Crippen molar-refractivity contribution in [3.8, 4) is 0 Å². The van der Waals surface area contributed by atoms with Crippen molar-refractivity contribution in [3.05, 3.63) is 29.8 Å². The van der Waals surface area contributed by atoms with Crippen LogP contribution in [-0.2, 0) is 16.0 Å². The molecule has 5 nitrogen and oxygen atoms in total. The van der Waals surface area contributed by atoms with Crippen molar-refractivity contribution in [1.82, 2.24) is 5.32 Å². The monoisotopic (exact) mass is 247 g/mol. The van der Waals surface area contributed by atoms with Crippen molar-refractivity contribution in [3.63, 3.8) is 0 Å². The van der Waals surface area contributed by atoms with E-state index >= 15 is 0 Å². The smallest absolute Gasteiger partial charge is 0.242 e. The summed E-state index contributed by atoms with van der Waals surface area (Å²) in [6.07, 6.45) is 1.59. The molecule has 1 atom stereocenters. The van der Waals surface area contributed by atoms with Gasteiger partial charge in [-0.25, -0.2) is 0 Å². The molecule has 0 radical (unpaired) electrons. The molecule has 0 aromatic heterocycles. The molecule has 1 aliphatic rings. The van der Waals surface area contributed by atoms with Crippen molar-refractivity contribution >= 4 is 17.5 Å². The zero-order valence-electron chi connectivity index (χ0n) is 10.1. The summed E-state index contributed by atoms with van der Waals surface area (Å²) in [5, 5.41) is 5.99. The van der Waals surface area contributed by atoms with Gasteiger partial charge in [-0.3, -0.25) is 9.59 Å². The van der Waals surface area contributed by atoms with E-state index < -0.39 is 0 Å². The Kier molecular flexibility index (Phi) is 3.82. The first-order chi connectivity index (χ1) is 8.66. The van der Waals surface area contributed by atoms with Crippen molar-refractivity contribution in [2.24, 2.45) is 5.73 Å². The van der Waals surface area contributed by atoms with Crippen LogP contribution < -0.4 is 16.4 Å². The normalized spacial score (nSPS) is 16.8. The fraction of sp³-hybridized carbons (Fsp3) is 0.385. The summed E-state index contributed by atoms with van der Waals surface area (Å²) >= 11 is 0. The average molecular weight is 247 g/mol. The quantitative estimate of drug-likeness (QED) is 0.659. The first-order valence-electron chi connectivity index (χ1n) is 6.07. The van der Waals surface area contributed by atoms with E-state index in [0.29, 0.717) is 25.8 Å². The predicted molar refractivity (Wildman–Crippen MR) is 69.0 cm³/mol. The van der Waals surface area contributed by atoms with Crippen LogP contribution in [0.4, 0.5) is 5.69 Å². The zero-order chi connectivity index (χ0) is 13.0. The van der Waals surface area contributed by atoms with E-state index in [9.17, 15) is 9.59 Å². The first kappa shape index (κ1) is 12.4. The lowest BCUT2D eigenvalue weighted by molar-refractivity contribution is -0.122. The number of rotatable bonds is 5. The highest BCUT2D eigenvalue weighted by atomic mass is 16.2. The van der Waals surface area contributed by atoms with Crippen LogP contribution in [0.3, 0.4) is 0 Å². The molecular formula is C13H17N3O2. The number of para-hydroxylation sites is 1. The van der Waals surface area contributed by atoms with Gasteiger partial charge < -0.3 is 16.4 Å². The van der Waals surface area contributed by atoms with Crippen LogP contribution in [0.25, 0.3) is 0 Å². The molecule has 96 valence electrons. The summed E-state index contributed by atoms with van der Waals surface area (Å²) in [4.78, 5) is 22.4. The maximum absolute atomic E-state index is 11.9. The molecule has 1 aromatic carbocycles. The second-order valence-electron chi connectivity index (χ2n) is 4.42. The summed E-state index contributed by atoms with van der Waals surface area (Å²) in [6, 6.07) is 7.68. The molecule has 0 spiro atoms. The molecule has 0 saturated heterocycles. The fourth-order valence-corrected chi connectivity index (χ4v) is 2.05. The molecule has 0 aliphatic carbocycles. The van der Waals surface area contributed by atoms with Gasteiger partial charge in [-0.15, -0.1) is 0 Å². The van der Waals surface area contributed by atoms with Gasteiger partial charge in [0.2, 0.25) is 11.8 Å². The number of amides is 2. The molecule has 0 bridgehead atoms. The molecule has 0 saturated carbocycles. The lowest BCUT2D eigenvalue weighted by atomic mass is 10.1. The van der Waals surface area contributed by atoms with Crippen molar-refractivity contribution in [2.45, 2.75) is 25.3 Å². The molecule has 4 N–H and O–H groups in total. The number of nitrogens with two attached hydrogens (primary N) is 1. The number of carbonyl (C=O) groups is 2. The Morgan fingerprint density at radius 2 is 2.17 bits per heavy atom. The minimum atomic E-state index is -0.337. The third-order valence-corrected chi connectivity index (χ3v) is 2.99. The Morgan fingerprint density at radius 1 is 1.39 bits per heavy atom. The summed E-state index contributed by atoms with van der Waals surface area (Å²) in [5.41, 5.74) is 7.21. The van der Waals surface area contributed by atoms with E-state index in [0.717, 1.165) is 11.3 Å². The molecule has 2 amide bonds. The summed E-state index contributed by atoms with van der Waals surface area (Å²) in [7, 11) is 0. The number of primary amides is 1. The lowest BCUT2D eigenvalue weighted by Crippen LogP contribution is -2.39. The highest BCUT2D eigenvalue weighted by molar-refractivity contribution is 5.87. The Morgan fingerprint density at radius 3 is 2.89 bits per heavy atom. The number of hydrogen-bond acceptors (Lipinski definition) is 3. The second-order valence-corrected chi connectivity index (χ2v) is 4.42. The molecule has 2 rings (SSSR count). The lowest BCUT2D eigenvalue weighted by Gasteiger charge is -2.11. The summed E-state index contributed by atoms with van der Waals surface area (Å²) in [6.45, 7) is 0.482. The van der Waals surface area contributed by atoms with Crippen LogP contribution in [0.2, 0.25) is 0 Å². The van der Waals surface area contributed by atoms with E-state index in [1.54, 1.807) is 0 Å². The summed E-state index contributed by atoms with van der Waals surface area (Å²) in [5.74, 6) is -0.369. The molecule has 0 fully saturated rings. The van der Waals surface area contributed by atoms with Crippen molar-refractivity contribution in [1.29, 1.82) is 0 Å². The standard InChI is InChI=1S/C13H17N3O2/c14-12(17)6-3-7-15-13(18)11-8-9-4-1-2-5-10(9)16-11/h1-2,4-5,11,16H,3,6-8H2,(H2,14,17)(H,15,18). The predicted octanol–water partition coefficient (Wildman–Crippen LogP) is 0.405. The van der Waals surface area contributed by atoms with E-state index in [4.69, 9.17) is 5.73 Å². The highest BCUT2D eigenvalue weighted by Crippen LogP contribution is 2.24. The highest BCUT2D eigenvalue weighted by Gasteiger charge is 2.25. The average Bonchev–Trinajstić information content (AvgIpc) is 2.78. The van der Waals surface area contributed by atoms with Gasteiger partial charge in [0, 0.05) is 25.1 Å². The topological polar surface area (TPSA) is 84.2 Å². The van der Waals surface area contributed by atoms with E-state index in [1.807, 2.05) is 24.3 Å². The number of benzene rings is 1.